The van der Waals surface area contributed by atoms with Gasteiger partial charge in [0.25, 0.3) is 0 Å². The van der Waals surface area contributed by atoms with E-state index in [1.165, 1.54) is 24.1 Å². The number of hydrogen-bond acceptors (Lipinski definition) is 4. The molecule has 1 atom stereocenters. The molecule has 0 amide bonds. The van der Waals surface area contributed by atoms with Crippen LogP contribution >= 0.6 is 11.3 Å². The zero-order valence-corrected chi connectivity index (χ0v) is 13.2. The quantitative estimate of drug-likeness (QED) is 0.773. The average molecular weight is 292 g/mol. The maximum absolute atomic E-state index is 4.38. The summed E-state index contributed by atoms with van der Waals surface area (Å²) in [6.45, 7) is 6.17. The van der Waals surface area contributed by atoms with Gasteiger partial charge >= 0.3 is 0 Å². The molecule has 0 fully saturated rings. The third-order valence-corrected chi connectivity index (χ3v) is 4.41. The highest BCUT2D eigenvalue weighted by atomic mass is 32.1. The Kier molecular flexibility index (Phi) is 6.21. The van der Waals surface area contributed by atoms with Crippen LogP contribution in [0.25, 0.3) is 0 Å². The molecule has 20 heavy (non-hydrogen) atoms. The van der Waals surface area contributed by atoms with Gasteiger partial charge in [-0.15, -0.1) is 11.3 Å². The minimum absolute atomic E-state index is 0.495. The molecule has 2 rings (SSSR count). The Balaban J connectivity index is 1.83. The predicted molar refractivity (Wildman–Crippen MR) is 84.1 cm³/mol. The third kappa shape index (κ3) is 4.42. The number of nitrogens with one attached hydrogen (secondary N) is 1. The minimum atomic E-state index is 0.495. The first-order valence-corrected chi connectivity index (χ1v) is 8.33. The monoisotopic (exact) mass is 292 g/mol. The lowest BCUT2D eigenvalue weighted by atomic mass is 10.1. The van der Waals surface area contributed by atoms with E-state index >= 15 is 0 Å². The second-order valence-corrected chi connectivity index (χ2v) is 5.95. The molecule has 0 bridgehead atoms. The maximum atomic E-state index is 4.38. The minimum Gasteiger partial charge on any atom is -0.314 e. The number of aryl methyl sites for hydroxylation is 2. The van der Waals surface area contributed by atoms with Gasteiger partial charge in [-0.2, -0.15) is 5.10 Å². The molecule has 0 saturated heterocycles. The van der Waals surface area contributed by atoms with Crippen molar-refractivity contribution in [3.63, 3.8) is 0 Å². The van der Waals surface area contributed by atoms with Crippen molar-refractivity contribution >= 4 is 11.3 Å². The van der Waals surface area contributed by atoms with Gasteiger partial charge in [-0.3, -0.25) is 4.68 Å². The Morgan fingerprint density at radius 3 is 3.00 bits per heavy atom. The van der Waals surface area contributed by atoms with Crippen LogP contribution in [0.1, 0.15) is 37.4 Å². The summed E-state index contributed by atoms with van der Waals surface area (Å²) in [5, 5.41) is 9.98. The summed E-state index contributed by atoms with van der Waals surface area (Å²) in [5.41, 5.74) is 0. The molecular formula is C15H24N4S. The van der Waals surface area contributed by atoms with Crippen LogP contribution in [0.5, 0.6) is 0 Å². The van der Waals surface area contributed by atoms with Crippen molar-refractivity contribution in [2.75, 3.05) is 6.54 Å². The van der Waals surface area contributed by atoms with Crippen molar-refractivity contribution in [3.05, 3.63) is 34.5 Å². The largest absolute Gasteiger partial charge is 0.314 e. The zero-order valence-electron chi connectivity index (χ0n) is 12.4. The molecule has 2 aromatic rings. The Morgan fingerprint density at radius 1 is 1.40 bits per heavy atom. The van der Waals surface area contributed by atoms with E-state index in [9.17, 15) is 0 Å². The SMILES string of the molecule is CCNC(CCCc1cccs1)Cc1ncnn1CC. The standard InChI is InChI=1S/C15H24N4S/c1-3-16-13(7-5-8-14-9-6-10-20-14)11-15-17-12-18-19(15)4-2/h6,9-10,12-13,16H,3-5,7-8,11H2,1-2H3. The lowest BCUT2D eigenvalue weighted by Gasteiger charge is -2.17. The van der Waals surface area contributed by atoms with Crippen LogP contribution in [0.3, 0.4) is 0 Å². The highest BCUT2D eigenvalue weighted by molar-refractivity contribution is 7.09. The molecule has 1 N–H and O–H groups in total. The summed E-state index contributed by atoms with van der Waals surface area (Å²) >= 11 is 1.85. The summed E-state index contributed by atoms with van der Waals surface area (Å²) in [5.74, 6) is 1.09. The van der Waals surface area contributed by atoms with Crippen LogP contribution in [0, 0.1) is 0 Å². The van der Waals surface area contributed by atoms with Crippen molar-refractivity contribution in [1.82, 2.24) is 20.1 Å². The fraction of sp³-hybridized carbons (Fsp3) is 0.600. The van der Waals surface area contributed by atoms with Gasteiger partial charge in [0.2, 0.25) is 0 Å². The van der Waals surface area contributed by atoms with E-state index in [1.54, 1.807) is 6.33 Å². The molecule has 1 unspecified atom stereocenters. The smallest absolute Gasteiger partial charge is 0.138 e. The van der Waals surface area contributed by atoms with Gasteiger partial charge in [-0.25, -0.2) is 4.98 Å². The molecule has 2 heterocycles. The highest BCUT2D eigenvalue weighted by Gasteiger charge is 2.12. The molecular weight excluding hydrogens is 268 g/mol. The predicted octanol–water partition coefficient (Wildman–Crippen LogP) is 2.90. The molecule has 5 heteroatoms. The highest BCUT2D eigenvalue weighted by Crippen LogP contribution is 2.14. The summed E-state index contributed by atoms with van der Waals surface area (Å²) in [7, 11) is 0. The molecule has 0 aliphatic heterocycles. The molecule has 2 aromatic heterocycles. The van der Waals surface area contributed by atoms with Gasteiger partial charge in [0, 0.05) is 23.9 Å². The van der Waals surface area contributed by atoms with Crippen molar-refractivity contribution in [2.45, 2.75) is 52.1 Å². The van der Waals surface area contributed by atoms with E-state index in [2.05, 4.69) is 46.8 Å². The fourth-order valence-corrected chi connectivity index (χ4v) is 3.22. The average Bonchev–Trinajstić information content (AvgIpc) is 3.10. The van der Waals surface area contributed by atoms with Gasteiger partial charge in [0.05, 0.1) is 0 Å². The van der Waals surface area contributed by atoms with E-state index in [1.807, 2.05) is 16.0 Å². The first kappa shape index (κ1) is 15.2. The van der Waals surface area contributed by atoms with Gasteiger partial charge < -0.3 is 5.32 Å². The summed E-state index contributed by atoms with van der Waals surface area (Å²) in [6, 6.07) is 4.85. The fourth-order valence-electron chi connectivity index (χ4n) is 2.47. The van der Waals surface area contributed by atoms with Crippen molar-refractivity contribution < 1.29 is 0 Å². The van der Waals surface area contributed by atoms with Gasteiger partial charge in [0.1, 0.15) is 12.2 Å². The number of nitrogens with zero attached hydrogens (tertiary/aromatic N) is 3. The molecule has 0 aliphatic carbocycles. The molecule has 110 valence electrons. The van der Waals surface area contributed by atoms with Gasteiger partial charge in [-0.1, -0.05) is 13.0 Å². The first-order chi connectivity index (χ1) is 9.83. The van der Waals surface area contributed by atoms with Crippen LogP contribution in [-0.4, -0.2) is 27.4 Å². The van der Waals surface area contributed by atoms with Crippen LogP contribution in [0.2, 0.25) is 0 Å². The van der Waals surface area contributed by atoms with Crippen LogP contribution < -0.4 is 5.32 Å². The van der Waals surface area contributed by atoms with E-state index in [-0.39, 0.29) is 0 Å². The normalized spacial score (nSPS) is 12.7. The van der Waals surface area contributed by atoms with Crippen molar-refractivity contribution in [3.8, 4) is 0 Å². The molecule has 0 aliphatic rings. The first-order valence-electron chi connectivity index (χ1n) is 7.46. The number of thiophene rings is 1. The van der Waals surface area contributed by atoms with Gasteiger partial charge in [-0.05, 0) is 44.2 Å². The summed E-state index contributed by atoms with van der Waals surface area (Å²) < 4.78 is 1.99. The second kappa shape index (κ2) is 8.17. The third-order valence-electron chi connectivity index (χ3n) is 3.47. The lowest BCUT2D eigenvalue weighted by molar-refractivity contribution is 0.455. The number of hydrogen-bond donors (Lipinski definition) is 1. The van der Waals surface area contributed by atoms with Gasteiger partial charge in [0.15, 0.2) is 0 Å². The van der Waals surface area contributed by atoms with Crippen LogP contribution in [0.15, 0.2) is 23.8 Å². The van der Waals surface area contributed by atoms with Crippen LogP contribution in [-0.2, 0) is 19.4 Å². The zero-order chi connectivity index (χ0) is 14.2. The Labute approximate surface area is 125 Å². The Bertz CT molecular complexity index is 478. The Hall–Kier alpha value is -1.20. The molecule has 0 radical (unpaired) electrons. The maximum Gasteiger partial charge on any atom is 0.138 e. The topological polar surface area (TPSA) is 42.7 Å². The molecule has 0 aromatic carbocycles. The van der Waals surface area contributed by atoms with E-state index < -0.39 is 0 Å². The van der Waals surface area contributed by atoms with Crippen LogP contribution in [0.4, 0.5) is 0 Å². The molecule has 4 nitrogen and oxygen atoms in total. The van der Waals surface area contributed by atoms with Crippen molar-refractivity contribution in [1.29, 1.82) is 0 Å². The summed E-state index contributed by atoms with van der Waals surface area (Å²) in [4.78, 5) is 5.86. The molecule has 0 saturated carbocycles. The Morgan fingerprint density at radius 2 is 2.30 bits per heavy atom. The number of likely N-dealkylation sites (N-methyl/N-ethyl adjacent to an activating group) is 1. The number of aromatic nitrogens is 3. The second-order valence-electron chi connectivity index (χ2n) is 4.92. The van der Waals surface area contributed by atoms with E-state index in [0.29, 0.717) is 6.04 Å². The number of rotatable bonds is 9. The van der Waals surface area contributed by atoms with Crippen molar-refractivity contribution in [2.24, 2.45) is 0 Å². The summed E-state index contributed by atoms with van der Waals surface area (Å²) in [6.07, 6.45) is 6.21. The van der Waals surface area contributed by atoms with E-state index in [0.717, 1.165) is 25.3 Å². The van der Waals surface area contributed by atoms with E-state index in [4.69, 9.17) is 0 Å². The lowest BCUT2D eigenvalue weighted by Crippen LogP contribution is -2.32. The molecule has 0 spiro atoms.